The summed E-state index contributed by atoms with van der Waals surface area (Å²) in [6.07, 6.45) is 0.650. The molecule has 2 amide bonds. The van der Waals surface area contributed by atoms with Gasteiger partial charge in [0.2, 0.25) is 5.91 Å². The third-order valence-corrected chi connectivity index (χ3v) is 3.06. The summed E-state index contributed by atoms with van der Waals surface area (Å²) in [7, 11) is 2.68. The van der Waals surface area contributed by atoms with Crippen molar-refractivity contribution in [2.45, 2.75) is 18.9 Å². The lowest BCUT2D eigenvalue weighted by molar-refractivity contribution is -0.146. The Labute approximate surface area is 135 Å². The first-order valence-corrected chi connectivity index (χ1v) is 7.28. The summed E-state index contributed by atoms with van der Waals surface area (Å²) in [5.41, 5.74) is 0.572. The number of methoxy groups -OCH3 is 2. The van der Waals surface area contributed by atoms with Gasteiger partial charge in [-0.15, -0.1) is 0 Å². The number of benzene rings is 1. The number of nitrogens with one attached hydrogen (secondary N) is 2. The Morgan fingerprint density at radius 2 is 1.83 bits per heavy atom. The van der Waals surface area contributed by atoms with Crippen LogP contribution in [0.3, 0.4) is 0 Å². The van der Waals surface area contributed by atoms with Gasteiger partial charge in [0.05, 0.1) is 13.7 Å². The van der Waals surface area contributed by atoms with Crippen molar-refractivity contribution < 1.29 is 23.9 Å². The third kappa shape index (κ3) is 6.92. The first kappa shape index (κ1) is 18.6. The minimum atomic E-state index is -0.823. The van der Waals surface area contributed by atoms with Crippen LogP contribution in [0.2, 0.25) is 0 Å². The molecule has 0 saturated carbocycles. The highest BCUT2D eigenvalue weighted by molar-refractivity contribution is 5.94. The lowest BCUT2D eigenvalue weighted by Gasteiger charge is -2.15. The van der Waals surface area contributed by atoms with Crippen molar-refractivity contribution in [3.8, 4) is 0 Å². The van der Waals surface area contributed by atoms with E-state index < -0.39 is 12.0 Å². The molecule has 0 unspecified atom stereocenters. The molecule has 0 bridgehead atoms. The SMILES string of the molecule is COC[C@H](NC(=O)CCCNC(=O)c1ccccc1)C(=O)OC. The van der Waals surface area contributed by atoms with Crippen LogP contribution in [0.15, 0.2) is 30.3 Å². The molecule has 7 nitrogen and oxygen atoms in total. The van der Waals surface area contributed by atoms with E-state index in [0.717, 1.165) is 0 Å². The maximum absolute atomic E-state index is 11.8. The van der Waals surface area contributed by atoms with E-state index in [1.165, 1.54) is 14.2 Å². The van der Waals surface area contributed by atoms with Gasteiger partial charge in [0.1, 0.15) is 0 Å². The van der Waals surface area contributed by atoms with Gasteiger partial charge < -0.3 is 20.1 Å². The number of hydrogen-bond donors (Lipinski definition) is 2. The van der Waals surface area contributed by atoms with E-state index >= 15 is 0 Å². The number of amides is 2. The summed E-state index contributed by atoms with van der Waals surface area (Å²) < 4.78 is 9.44. The lowest BCUT2D eigenvalue weighted by atomic mass is 10.2. The molecule has 0 aromatic heterocycles. The van der Waals surface area contributed by atoms with Crippen LogP contribution in [-0.2, 0) is 19.1 Å². The van der Waals surface area contributed by atoms with Crippen LogP contribution in [0.1, 0.15) is 23.2 Å². The lowest BCUT2D eigenvalue weighted by Crippen LogP contribution is -2.44. The van der Waals surface area contributed by atoms with Crippen molar-refractivity contribution >= 4 is 17.8 Å². The van der Waals surface area contributed by atoms with Gasteiger partial charge in [0, 0.05) is 25.6 Å². The van der Waals surface area contributed by atoms with Crippen LogP contribution in [0.25, 0.3) is 0 Å². The average molecular weight is 322 g/mol. The fourth-order valence-corrected chi connectivity index (χ4v) is 1.89. The molecule has 0 fully saturated rings. The van der Waals surface area contributed by atoms with E-state index in [1.807, 2.05) is 6.07 Å². The van der Waals surface area contributed by atoms with Gasteiger partial charge in [0.25, 0.3) is 5.91 Å². The van der Waals surface area contributed by atoms with Crippen molar-refractivity contribution in [1.29, 1.82) is 0 Å². The summed E-state index contributed by atoms with van der Waals surface area (Å²) >= 11 is 0. The zero-order chi connectivity index (χ0) is 17.1. The van der Waals surface area contributed by atoms with Gasteiger partial charge in [-0.2, -0.15) is 0 Å². The molecule has 0 aliphatic heterocycles. The molecular formula is C16H22N2O5. The van der Waals surface area contributed by atoms with Crippen LogP contribution in [0, 0.1) is 0 Å². The molecule has 0 radical (unpaired) electrons. The highest BCUT2D eigenvalue weighted by atomic mass is 16.5. The Bertz CT molecular complexity index is 518. The van der Waals surface area contributed by atoms with Crippen molar-refractivity contribution in [2.24, 2.45) is 0 Å². The molecule has 1 atom stereocenters. The molecule has 1 rings (SSSR count). The van der Waals surface area contributed by atoms with Crippen LogP contribution in [0.4, 0.5) is 0 Å². The second kappa shape index (κ2) is 10.3. The van der Waals surface area contributed by atoms with Gasteiger partial charge >= 0.3 is 5.97 Å². The molecule has 0 heterocycles. The van der Waals surface area contributed by atoms with E-state index in [2.05, 4.69) is 15.4 Å². The van der Waals surface area contributed by atoms with Gasteiger partial charge in [-0.05, 0) is 18.6 Å². The van der Waals surface area contributed by atoms with E-state index in [9.17, 15) is 14.4 Å². The third-order valence-electron chi connectivity index (χ3n) is 3.06. The minimum absolute atomic E-state index is 0.0448. The Kier molecular flexibility index (Phi) is 8.38. The largest absolute Gasteiger partial charge is 0.467 e. The quantitative estimate of drug-likeness (QED) is 0.510. The van der Waals surface area contributed by atoms with Gasteiger partial charge in [-0.1, -0.05) is 18.2 Å². The molecule has 2 N–H and O–H groups in total. The van der Waals surface area contributed by atoms with Crippen LogP contribution < -0.4 is 10.6 Å². The Hall–Kier alpha value is -2.41. The summed E-state index contributed by atoms with van der Waals surface area (Å²) in [4.78, 5) is 35.0. The molecule has 0 aliphatic rings. The second-order valence-electron chi connectivity index (χ2n) is 4.82. The molecule has 0 spiro atoms. The van der Waals surface area contributed by atoms with Crippen molar-refractivity contribution in [3.63, 3.8) is 0 Å². The average Bonchev–Trinajstić information content (AvgIpc) is 2.58. The molecule has 7 heteroatoms. The fourth-order valence-electron chi connectivity index (χ4n) is 1.89. The van der Waals surface area contributed by atoms with Crippen molar-refractivity contribution in [3.05, 3.63) is 35.9 Å². The van der Waals surface area contributed by atoms with Crippen molar-refractivity contribution in [1.82, 2.24) is 10.6 Å². The van der Waals surface area contributed by atoms with Crippen LogP contribution in [-0.4, -0.2) is 51.2 Å². The normalized spacial score (nSPS) is 11.4. The summed E-state index contributed by atoms with van der Waals surface area (Å²) in [6.45, 7) is 0.414. The highest BCUT2D eigenvalue weighted by Crippen LogP contribution is 1.98. The predicted molar refractivity (Wildman–Crippen MR) is 83.8 cm³/mol. The number of carbonyl (C=O) groups excluding carboxylic acids is 3. The summed E-state index contributed by atoms with van der Waals surface area (Å²) in [5.74, 6) is -1.04. The second-order valence-corrected chi connectivity index (χ2v) is 4.82. The first-order valence-electron chi connectivity index (χ1n) is 7.28. The Morgan fingerprint density at radius 3 is 2.43 bits per heavy atom. The topological polar surface area (TPSA) is 93.7 Å². The standard InChI is InChI=1S/C16H22N2O5/c1-22-11-13(16(21)23-2)18-14(19)9-6-10-17-15(20)12-7-4-3-5-8-12/h3-5,7-8,13H,6,9-11H2,1-2H3,(H,17,20)(H,18,19)/t13-/m0/s1. The van der Waals surface area contributed by atoms with E-state index in [1.54, 1.807) is 24.3 Å². The predicted octanol–water partition coefficient (Wildman–Crippen LogP) is 0.501. The molecule has 126 valence electrons. The minimum Gasteiger partial charge on any atom is -0.467 e. The van der Waals surface area contributed by atoms with Crippen LogP contribution in [0.5, 0.6) is 0 Å². The number of esters is 1. The fraction of sp³-hybridized carbons (Fsp3) is 0.438. The molecule has 0 aliphatic carbocycles. The maximum atomic E-state index is 11.8. The Morgan fingerprint density at radius 1 is 1.13 bits per heavy atom. The molecule has 1 aromatic carbocycles. The molecular weight excluding hydrogens is 300 g/mol. The Balaban J connectivity index is 2.28. The molecule has 23 heavy (non-hydrogen) atoms. The summed E-state index contributed by atoms with van der Waals surface area (Å²) in [6, 6.07) is 8.01. The van der Waals surface area contributed by atoms with Crippen molar-refractivity contribution in [2.75, 3.05) is 27.4 Å². The number of ether oxygens (including phenoxy) is 2. The van der Waals surface area contributed by atoms with Gasteiger partial charge in [-0.25, -0.2) is 4.79 Å². The number of carbonyl (C=O) groups is 3. The number of rotatable bonds is 9. The summed E-state index contributed by atoms with van der Waals surface area (Å²) in [5, 5.41) is 5.27. The molecule has 0 saturated heterocycles. The van der Waals surface area contributed by atoms with Gasteiger partial charge in [-0.3, -0.25) is 9.59 Å². The monoisotopic (exact) mass is 322 g/mol. The zero-order valence-corrected chi connectivity index (χ0v) is 13.3. The van der Waals surface area contributed by atoms with E-state index in [-0.39, 0.29) is 24.8 Å². The number of hydrogen-bond acceptors (Lipinski definition) is 5. The van der Waals surface area contributed by atoms with E-state index in [4.69, 9.17) is 4.74 Å². The first-order chi connectivity index (χ1) is 11.1. The maximum Gasteiger partial charge on any atom is 0.330 e. The zero-order valence-electron chi connectivity index (χ0n) is 13.3. The van der Waals surface area contributed by atoms with E-state index in [0.29, 0.717) is 18.5 Å². The van der Waals surface area contributed by atoms with Gasteiger partial charge in [0.15, 0.2) is 6.04 Å². The molecule has 1 aromatic rings. The smallest absolute Gasteiger partial charge is 0.330 e. The van der Waals surface area contributed by atoms with Crippen LogP contribution >= 0.6 is 0 Å². The highest BCUT2D eigenvalue weighted by Gasteiger charge is 2.20.